The number of amidine groups is 1. The van der Waals surface area contributed by atoms with Crippen LogP contribution in [0.4, 0.5) is 5.82 Å². The highest BCUT2D eigenvalue weighted by Crippen LogP contribution is 2.27. The lowest BCUT2D eigenvalue weighted by Gasteiger charge is -2.27. The van der Waals surface area contributed by atoms with Crippen molar-refractivity contribution >= 4 is 23.6 Å². The molecule has 0 aliphatic carbocycles. The number of H-pyrrole nitrogens is 1. The molecule has 0 amide bonds. The lowest BCUT2D eigenvalue weighted by atomic mass is 10.2. The van der Waals surface area contributed by atoms with Crippen LogP contribution in [0.2, 0.25) is 0 Å². The molecule has 3 N–H and O–H groups in total. The van der Waals surface area contributed by atoms with Crippen molar-refractivity contribution in [3.8, 4) is 11.5 Å². The molecule has 0 spiro atoms. The summed E-state index contributed by atoms with van der Waals surface area (Å²) in [5.74, 6) is 3.31. The van der Waals surface area contributed by atoms with Crippen LogP contribution in [0, 0.1) is 6.92 Å². The number of aryl methyl sites for hydroxylation is 1. The van der Waals surface area contributed by atoms with Gasteiger partial charge >= 0.3 is 0 Å². The summed E-state index contributed by atoms with van der Waals surface area (Å²) in [6.07, 6.45) is 7.28. The maximum atomic E-state index is 5.24. The Balaban J connectivity index is 1.35. The summed E-state index contributed by atoms with van der Waals surface area (Å²) in [6, 6.07) is 9.99. The predicted molar refractivity (Wildman–Crippen MR) is 105 cm³/mol. The minimum atomic E-state index is 0.515. The van der Waals surface area contributed by atoms with E-state index in [0.717, 1.165) is 45.1 Å². The van der Waals surface area contributed by atoms with Crippen LogP contribution >= 0.6 is 11.9 Å². The van der Waals surface area contributed by atoms with Crippen LogP contribution in [0.25, 0.3) is 11.5 Å². The van der Waals surface area contributed by atoms with Crippen molar-refractivity contribution in [3.05, 3.63) is 66.8 Å². The monoisotopic (exact) mass is 393 g/mol. The van der Waals surface area contributed by atoms with E-state index in [9.17, 15) is 0 Å². The first-order chi connectivity index (χ1) is 13.7. The summed E-state index contributed by atoms with van der Waals surface area (Å²) in [6.45, 7) is 2.70. The standard InChI is InChI=1S/C18H16N8OS/c1-12-8-15(23-22-12)21-17-10-25(9-16-19-6-7-26(16)17)28-14-4-2-13(3-5-14)18-24-20-11-27-18/h2-8,10-11H,9H2,1H3,(H2,21,22,23)/p+1. The van der Waals surface area contributed by atoms with Crippen molar-refractivity contribution in [3.63, 3.8) is 0 Å². The van der Waals surface area contributed by atoms with E-state index in [1.54, 1.807) is 11.9 Å². The first-order valence-corrected chi connectivity index (χ1v) is 9.45. The van der Waals surface area contributed by atoms with Gasteiger partial charge in [0, 0.05) is 22.2 Å². The maximum absolute atomic E-state index is 5.24. The zero-order valence-corrected chi connectivity index (χ0v) is 15.8. The average molecular weight is 393 g/mol. The number of anilines is 1. The number of quaternary nitrogens is 1. The van der Waals surface area contributed by atoms with Gasteiger partial charge in [0.2, 0.25) is 23.9 Å². The molecular formula is C18H17N8OS+. The Bertz CT molecular complexity index is 1070. The second-order valence-corrected chi connectivity index (χ2v) is 7.47. The fourth-order valence-electron chi connectivity index (χ4n) is 3.02. The number of benzene rings is 1. The van der Waals surface area contributed by atoms with Gasteiger partial charge in [-0.25, -0.2) is 9.89 Å². The molecule has 5 rings (SSSR count). The van der Waals surface area contributed by atoms with Crippen LogP contribution in [-0.4, -0.2) is 37.1 Å². The van der Waals surface area contributed by atoms with Gasteiger partial charge in [0.1, 0.15) is 12.7 Å². The normalized spacial score (nSPS) is 18.0. The number of nitrogens with one attached hydrogen (secondary N) is 3. The topological polar surface area (TPSA) is 99.7 Å². The summed E-state index contributed by atoms with van der Waals surface area (Å²) in [4.78, 5) is 6.70. The Morgan fingerprint density at radius 3 is 2.93 bits per heavy atom. The summed E-state index contributed by atoms with van der Waals surface area (Å²) < 4.78 is 7.39. The molecule has 28 heavy (non-hydrogen) atoms. The molecule has 2 aliphatic heterocycles. The number of aromatic amines is 1. The van der Waals surface area contributed by atoms with Gasteiger partial charge in [-0.3, -0.25) is 14.7 Å². The van der Waals surface area contributed by atoms with Gasteiger partial charge in [0.05, 0.1) is 12.4 Å². The highest BCUT2D eigenvalue weighted by atomic mass is 32.2. The number of aromatic nitrogens is 4. The average Bonchev–Trinajstić information content (AvgIpc) is 3.44. The molecule has 3 aromatic rings. The second kappa shape index (κ2) is 6.98. The Morgan fingerprint density at radius 1 is 1.29 bits per heavy atom. The van der Waals surface area contributed by atoms with Crippen molar-refractivity contribution in [2.45, 2.75) is 11.8 Å². The van der Waals surface area contributed by atoms with Crippen LogP contribution < -0.4 is 10.2 Å². The third kappa shape index (κ3) is 3.30. The SMILES string of the molecule is Cc1cc(NC2=CN(Sc3ccc(-c4nnco4)cc3)CC3=NC=C[NH+]23)n[nH]1. The zero-order valence-electron chi connectivity index (χ0n) is 15.0. The number of rotatable bonds is 5. The van der Waals surface area contributed by atoms with Crippen molar-refractivity contribution in [2.75, 3.05) is 11.9 Å². The molecule has 0 bridgehead atoms. The summed E-state index contributed by atoms with van der Waals surface area (Å²) in [7, 11) is 0. The summed E-state index contributed by atoms with van der Waals surface area (Å²) in [5.41, 5.74) is 1.90. The van der Waals surface area contributed by atoms with Crippen LogP contribution in [0.5, 0.6) is 0 Å². The van der Waals surface area contributed by atoms with Crippen LogP contribution in [0.3, 0.4) is 0 Å². The maximum Gasteiger partial charge on any atom is 0.247 e. The highest BCUT2D eigenvalue weighted by molar-refractivity contribution is 7.97. The highest BCUT2D eigenvalue weighted by Gasteiger charge is 2.32. The van der Waals surface area contributed by atoms with E-state index in [-0.39, 0.29) is 0 Å². The van der Waals surface area contributed by atoms with Gasteiger partial charge in [-0.1, -0.05) is 0 Å². The zero-order chi connectivity index (χ0) is 18.9. The molecule has 0 radical (unpaired) electrons. The van der Waals surface area contributed by atoms with E-state index in [0.29, 0.717) is 5.89 Å². The largest absolute Gasteiger partial charge is 0.423 e. The Kier molecular flexibility index (Phi) is 4.18. The van der Waals surface area contributed by atoms with E-state index in [4.69, 9.17) is 4.42 Å². The lowest BCUT2D eigenvalue weighted by molar-refractivity contribution is -0.699. The summed E-state index contributed by atoms with van der Waals surface area (Å²) >= 11 is 1.64. The molecule has 1 aromatic carbocycles. The predicted octanol–water partition coefficient (Wildman–Crippen LogP) is 1.77. The van der Waals surface area contributed by atoms with E-state index in [1.165, 1.54) is 6.39 Å². The fourth-order valence-corrected chi connectivity index (χ4v) is 3.89. The molecular weight excluding hydrogens is 376 g/mol. The Labute approximate surface area is 165 Å². The van der Waals surface area contributed by atoms with Gasteiger partial charge in [0.25, 0.3) is 0 Å². The van der Waals surface area contributed by atoms with Crippen molar-refractivity contribution in [1.29, 1.82) is 0 Å². The molecule has 140 valence electrons. The van der Waals surface area contributed by atoms with Gasteiger partial charge in [-0.2, -0.15) is 5.10 Å². The van der Waals surface area contributed by atoms with E-state index in [2.05, 4.69) is 41.2 Å². The number of nitrogens with zero attached hydrogens (tertiary/aromatic N) is 5. The first kappa shape index (κ1) is 16.8. The van der Waals surface area contributed by atoms with Crippen molar-refractivity contribution < 1.29 is 9.32 Å². The summed E-state index contributed by atoms with van der Waals surface area (Å²) in [5, 5.41) is 18.3. The van der Waals surface area contributed by atoms with Crippen molar-refractivity contribution in [1.82, 2.24) is 24.7 Å². The van der Waals surface area contributed by atoms with Crippen LogP contribution in [-0.2, 0) is 0 Å². The number of hydrogen-bond acceptors (Lipinski definition) is 8. The number of aliphatic imine (C=N–C) groups is 1. The molecule has 4 heterocycles. The van der Waals surface area contributed by atoms with E-state index >= 15 is 0 Å². The van der Waals surface area contributed by atoms with E-state index < -0.39 is 0 Å². The molecule has 1 atom stereocenters. The van der Waals surface area contributed by atoms with Gasteiger partial charge in [0.15, 0.2) is 5.82 Å². The molecule has 2 aliphatic rings. The molecule has 1 unspecified atom stereocenters. The molecule has 0 saturated carbocycles. The minimum absolute atomic E-state index is 0.515. The second-order valence-electron chi connectivity index (χ2n) is 6.34. The molecule has 0 saturated heterocycles. The quantitative estimate of drug-likeness (QED) is 0.568. The lowest BCUT2D eigenvalue weighted by Crippen LogP contribution is -3.10. The molecule has 9 nitrogen and oxygen atoms in total. The first-order valence-electron chi connectivity index (χ1n) is 8.67. The Morgan fingerprint density at radius 2 is 2.18 bits per heavy atom. The van der Waals surface area contributed by atoms with E-state index in [1.807, 2.05) is 49.7 Å². The molecule has 2 aromatic heterocycles. The number of hydrogen-bond donors (Lipinski definition) is 3. The van der Waals surface area contributed by atoms with Gasteiger partial charge in [-0.05, 0) is 43.1 Å². The van der Waals surface area contributed by atoms with Gasteiger partial charge < -0.3 is 4.42 Å². The fraction of sp³-hybridized carbons (Fsp3) is 0.111. The molecule has 0 fully saturated rings. The van der Waals surface area contributed by atoms with Gasteiger partial charge in [-0.15, -0.1) is 10.2 Å². The van der Waals surface area contributed by atoms with Crippen LogP contribution in [0.1, 0.15) is 5.69 Å². The number of fused-ring (bicyclic) bond motifs is 1. The third-order valence-electron chi connectivity index (χ3n) is 4.30. The van der Waals surface area contributed by atoms with Crippen LogP contribution in [0.15, 0.2) is 75.5 Å². The molecule has 10 heteroatoms. The smallest absolute Gasteiger partial charge is 0.247 e. The third-order valence-corrected chi connectivity index (χ3v) is 5.26. The van der Waals surface area contributed by atoms with Crippen molar-refractivity contribution in [2.24, 2.45) is 4.99 Å². The minimum Gasteiger partial charge on any atom is -0.423 e. The Hall–Kier alpha value is -3.37.